The predicted octanol–water partition coefficient (Wildman–Crippen LogP) is 3.93. The molecule has 0 radical (unpaired) electrons. The number of rotatable bonds is 6. The lowest BCUT2D eigenvalue weighted by atomic mass is 10.1. The van der Waals surface area contributed by atoms with Crippen molar-refractivity contribution in [2.75, 3.05) is 0 Å². The first-order chi connectivity index (χ1) is 12.7. The molecule has 0 spiro atoms. The van der Waals surface area contributed by atoms with E-state index in [1.165, 1.54) is 0 Å². The van der Waals surface area contributed by atoms with Gasteiger partial charge in [-0.05, 0) is 65.0 Å². The maximum Gasteiger partial charge on any atom is 0.251 e. The highest BCUT2D eigenvalue weighted by atomic mass is 16.5. The van der Waals surface area contributed by atoms with Crippen molar-refractivity contribution in [2.45, 2.75) is 52.8 Å². The quantitative estimate of drug-likeness (QED) is 0.812. The number of ether oxygens (including phenoxy) is 1. The van der Waals surface area contributed by atoms with Gasteiger partial charge in [0.15, 0.2) is 0 Å². The fourth-order valence-corrected chi connectivity index (χ4v) is 2.48. The Morgan fingerprint density at radius 3 is 2.04 bits per heavy atom. The van der Waals surface area contributed by atoms with Crippen LogP contribution in [-0.4, -0.2) is 23.5 Å². The first-order valence-electron chi connectivity index (χ1n) is 9.11. The van der Waals surface area contributed by atoms with Crippen molar-refractivity contribution >= 4 is 11.8 Å². The van der Waals surface area contributed by atoms with Crippen LogP contribution >= 0.6 is 0 Å². The van der Waals surface area contributed by atoms with Gasteiger partial charge in [0, 0.05) is 28.8 Å². The molecule has 27 heavy (non-hydrogen) atoms. The molecular weight excluding hydrogens is 340 g/mol. The summed E-state index contributed by atoms with van der Waals surface area (Å²) in [6, 6.07) is 14.3. The van der Waals surface area contributed by atoms with E-state index in [2.05, 4.69) is 10.6 Å². The molecule has 5 nitrogen and oxygen atoms in total. The second-order valence-corrected chi connectivity index (χ2v) is 7.74. The minimum Gasteiger partial charge on any atom is -0.491 e. The smallest absolute Gasteiger partial charge is 0.251 e. The Hall–Kier alpha value is -2.82. The highest BCUT2D eigenvalue weighted by Gasteiger charge is 2.16. The minimum absolute atomic E-state index is 0.0636. The summed E-state index contributed by atoms with van der Waals surface area (Å²) in [6.07, 6.45) is 0.0636. The molecule has 5 heteroatoms. The maximum atomic E-state index is 12.4. The fraction of sp³-hybridized carbons (Fsp3) is 0.364. The lowest BCUT2D eigenvalue weighted by molar-refractivity contribution is 0.0915. The second kappa shape index (κ2) is 8.71. The van der Waals surface area contributed by atoms with Crippen LogP contribution < -0.4 is 15.4 Å². The molecular formula is C22H28N2O3. The summed E-state index contributed by atoms with van der Waals surface area (Å²) >= 11 is 0. The Balaban J connectivity index is 2.00. The van der Waals surface area contributed by atoms with Crippen LogP contribution in [0.15, 0.2) is 48.5 Å². The number of para-hydroxylation sites is 1. The lowest BCUT2D eigenvalue weighted by Crippen LogP contribution is -2.40. The van der Waals surface area contributed by atoms with Crippen LogP contribution in [0.25, 0.3) is 0 Å². The number of nitrogens with one attached hydrogen (secondary N) is 2. The molecule has 2 aromatic carbocycles. The van der Waals surface area contributed by atoms with E-state index < -0.39 is 0 Å². The summed E-state index contributed by atoms with van der Waals surface area (Å²) in [5.74, 6) is 0.411. The Bertz CT molecular complexity index is 790. The van der Waals surface area contributed by atoms with Gasteiger partial charge in [-0.15, -0.1) is 0 Å². The molecule has 2 N–H and O–H groups in total. The molecule has 2 amide bonds. The van der Waals surface area contributed by atoms with E-state index in [0.29, 0.717) is 17.7 Å². The van der Waals surface area contributed by atoms with Gasteiger partial charge in [0.25, 0.3) is 11.8 Å². The van der Waals surface area contributed by atoms with Gasteiger partial charge in [0.05, 0.1) is 6.10 Å². The maximum absolute atomic E-state index is 12.4. The average molecular weight is 368 g/mol. The molecule has 144 valence electrons. The summed E-state index contributed by atoms with van der Waals surface area (Å²) in [7, 11) is 0. The van der Waals surface area contributed by atoms with E-state index in [1.807, 2.05) is 58.9 Å². The highest BCUT2D eigenvalue weighted by molar-refractivity contribution is 5.98. The number of carbonyl (C=O) groups excluding carboxylic acids is 2. The van der Waals surface area contributed by atoms with Crippen molar-refractivity contribution in [3.8, 4) is 5.75 Å². The molecule has 2 aromatic rings. The van der Waals surface area contributed by atoms with Crippen molar-refractivity contribution < 1.29 is 14.3 Å². The van der Waals surface area contributed by atoms with Crippen molar-refractivity contribution in [2.24, 2.45) is 0 Å². The van der Waals surface area contributed by atoms with Gasteiger partial charge >= 0.3 is 0 Å². The van der Waals surface area contributed by atoms with E-state index in [1.54, 1.807) is 24.3 Å². The van der Waals surface area contributed by atoms with Gasteiger partial charge < -0.3 is 15.4 Å². The van der Waals surface area contributed by atoms with Crippen molar-refractivity contribution in [3.05, 3.63) is 65.2 Å². The Labute approximate surface area is 161 Å². The van der Waals surface area contributed by atoms with Crippen LogP contribution in [0.4, 0.5) is 0 Å². The zero-order chi connectivity index (χ0) is 20.0. The summed E-state index contributed by atoms with van der Waals surface area (Å²) < 4.78 is 5.77. The summed E-state index contributed by atoms with van der Waals surface area (Å²) in [6.45, 7) is 10.1. The Morgan fingerprint density at radius 2 is 1.48 bits per heavy atom. The highest BCUT2D eigenvalue weighted by Crippen LogP contribution is 2.19. The van der Waals surface area contributed by atoms with Crippen LogP contribution in [0.2, 0.25) is 0 Å². The van der Waals surface area contributed by atoms with Gasteiger partial charge in [0.1, 0.15) is 5.75 Å². The van der Waals surface area contributed by atoms with E-state index in [-0.39, 0.29) is 23.5 Å². The van der Waals surface area contributed by atoms with Gasteiger partial charge in [-0.25, -0.2) is 0 Å². The van der Waals surface area contributed by atoms with Gasteiger partial charge in [-0.3, -0.25) is 9.59 Å². The van der Waals surface area contributed by atoms with Crippen molar-refractivity contribution in [3.63, 3.8) is 0 Å². The van der Waals surface area contributed by atoms with Gasteiger partial charge in [-0.1, -0.05) is 18.2 Å². The third kappa shape index (κ3) is 6.44. The molecule has 0 aliphatic carbocycles. The van der Waals surface area contributed by atoms with Crippen LogP contribution in [-0.2, 0) is 6.54 Å². The molecule has 0 fully saturated rings. The molecule has 0 saturated carbocycles. The van der Waals surface area contributed by atoms with Crippen LogP contribution in [0.5, 0.6) is 5.75 Å². The van der Waals surface area contributed by atoms with Crippen LogP contribution in [0, 0.1) is 0 Å². The van der Waals surface area contributed by atoms with Crippen LogP contribution in [0.1, 0.15) is 60.9 Å². The van der Waals surface area contributed by atoms with Gasteiger partial charge in [0.2, 0.25) is 0 Å². The number of hydrogen-bond acceptors (Lipinski definition) is 3. The Kier molecular flexibility index (Phi) is 6.61. The molecule has 0 bridgehead atoms. The fourth-order valence-electron chi connectivity index (χ4n) is 2.48. The predicted molar refractivity (Wildman–Crippen MR) is 107 cm³/mol. The monoisotopic (exact) mass is 368 g/mol. The standard InChI is InChI=1S/C22H28N2O3/c1-15(2)27-19-9-7-6-8-18(19)14-23-20(25)16-10-12-17(13-11-16)21(26)24-22(3,4)5/h6-13,15H,14H2,1-5H3,(H,23,25)(H,24,26). The second-order valence-electron chi connectivity index (χ2n) is 7.74. The third-order valence-electron chi connectivity index (χ3n) is 3.67. The zero-order valence-electron chi connectivity index (χ0n) is 16.6. The van der Waals surface area contributed by atoms with Crippen molar-refractivity contribution in [1.82, 2.24) is 10.6 Å². The molecule has 0 aromatic heterocycles. The van der Waals surface area contributed by atoms with Gasteiger partial charge in [-0.2, -0.15) is 0 Å². The topological polar surface area (TPSA) is 67.4 Å². The average Bonchev–Trinajstić information content (AvgIpc) is 2.59. The Morgan fingerprint density at radius 1 is 0.926 bits per heavy atom. The minimum atomic E-state index is -0.307. The van der Waals surface area contributed by atoms with E-state index in [9.17, 15) is 9.59 Å². The molecule has 0 unspecified atom stereocenters. The molecule has 0 atom stereocenters. The molecule has 0 saturated heterocycles. The molecule has 0 heterocycles. The molecule has 0 aliphatic heterocycles. The largest absolute Gasteiger partial charge is 0.491 e. The molecule has 0 aliphatic rings. The van der Waals surface area contributed by atoms with E-state index in [0.717, 1.165) is 11.3 Å². The number of carbonyl (C=O) groups is 2. The summed E-state index contributed by atoms with van der Waals surface area (Å²) in [5.41, 5.74) is 1.64. The van der Waals surface area contributed by atoms with E-state index >= 15 is 0 Å². The van der Waals surface area contributed by atoms with Crippen molar-refractivity contribution in [1.29, 1.82) is 0 Å². The number of hydrogen-bond donors (Lipinski definition) is 2. The third-order valence-corrected chi connectivity index (χ3v) is 3.67. The SMILES string of the molecule is CC(C)Oc1ccccc1CNC(=O)c1ccc(C(=O)NC(C)(C)C)cc1. The normalized spacial score (nSPS) is 11.2. The first kappa shape index (κ1) is 20.5. The lowest BCUT2D eigenvalue weighted by Gasteiger charge is -2.20. The summed E-state index contributed by atoms with van der Waals surface area (Å²) in [4.78, 5) is 24.6. The summed E-state index contributed by atoms with van der Waals surface area (Å²) in [5, 5.41) is 5.80. The zero-order valence-corrected chi connectivity index (χ0v) is 16.6. The van der Waals surface area contributed by atoms with Crippen LogP contribution in [0.3, 0.4) is 0 Å². The molecule has 2 rings (SSSR count). The first-order valence-corrected chi connectivity index (χ1v) is 9.11. The van der Waals surface area contributed by atoms with E-state index in [4.69, 9.17) is 4.74 Å². The number of amides is 2. The number of benzene rings is 2.